The lowest BCUT2D eigenvalue weighted by atomic mass is 9.98. The molecule has 202 valence electrons. The Morgan fingerprint density at radius 1 is 0.975 bits per heavy atom. The van der Waals surface area contributed by atoms with E-state index in [2.05, 4.69) is 20.3 Å². The highest BCUT2D eigenvalue weighted by molar-refractivity contribution is 6.08. The van der Waals surface area contributed by atoms with Crippen molar-refractivity contribution in [2.24, 2.45) is 0 Å². The highest BCUT2D eigenvalue weighted by Crippen LogP contribution is 2.37. The van der Waals surface area contributed by atoms with Gasteiger partial charge in [0.05, 0.1) is 24.0 Å². The molecule has 4 N–H and O–H groups in total. The molecular formula is C29H23F2N5O4. The van der Waals surface area contributed by atoms with Gasteiger partial charge in [-0.1, -0.05) is 12.1 Å². The number of rotatable bonds is 6. The predicted molar refractivity (Wildman–Crippen MR) is 146 cm³/mol. The number of anilines is 2. The fraction of sp³-hybridized carbons (Fsp3) is 0.103. The van der Waals surface area contributed by atoms with Crippen molar-refractivity contribution in [2.45, 2.75) is 13.8 Å². The van der Waals surface area contributed by atoms with E-state index in [9.17, 15) is 14.3 Å². The molecule has 0 atom stereocenters. The largest absolute Gasteiger partial charge is 0.506 e. The van der Waals surface area contributed by atoms with Gasteiger partial charge in [0.1, 0.15) is 22.6 Å². The molecule has 3 aromatic heterocycles. The van der Waals surface area contributed by atoms with Crippen LogP contribution in [0.1, 0.15) is 21.7 Å². The standard InChI is InChI=1S/C29H23F2N5O4/c1-14-24(16-4-6-17(30)7-5-16)27(37)25(15(2)34-14)28(38)35-18-8-9-22(19(31)12-18)40-23-10-11-33-21-13-20(32)29(39-3)36-26(21)23/h4-13H,32H2,1-3H3,(H,34,37)(H,35,38). The smallest absolute Gasteiger partial charge is 0.261 e. The van der Waals surface area contributed by atoms with E-state index in [1.165, 1.54) is 55.8 Å². The second-order valence-electron chi connectivity index (χ2n) is 8.85. The summed E-state index contributed by atoms with van der Waals surface area (Å²) in [6.07, 6.45) is 1.47. The first-order valence-electron chi connectivity index (χ1n) is 12.0. The van der Waals surface area contributed by atoms with Crippen LogP contribution in [0.2, 0.25) is 0 Å². The van der Waals surface area contributed by atoms with Crippen LogP contribution in [0.15, 0.2) is 60.8 Å². The summed E-state index contributed by atoms with van der Waals surface area (Å²) < 4.78 is 39.4. The molecule has 0 aliphatic carbocycles. The van der Waals surface area contributed by atoms with E-state index in [-0.39, 0.29) is 40.1 Å². The molecule has 5 aromatic rings. The zero-order chi connectivity index (χ0) is 28.6. The zero-order valence-electron chi connectivity index (χ0n) is 21.6. The Morgan fingerprint density at radius 2 is 1.73 bits per heavy atom. The lowest BCUT2D eigenvalue weighted by Gasteiger charge is -2.15. The van der Waals surface area contributed by atoms with Gasteiger partial charge in [-0.15, -0.1) is 0 Å². The minimum absolute atomic E-state index is 0.0896. The average molecular weight is 544 g/mol. The van der Waals surface area contributed by atoms with Crippen molar-refractivity contribution in [1.82, 2.24) is 15.0 Å². The molecule has 9 nitrogen and oxygen atoms in total. The lowest BCUT2D eigenvalue weighted by Crippen LogP contribution is -2.15. The van der Waals surface area contributed by atoms with Gasteiger partial charge in [0.15, 0.2) is 17.3 Å². The number of methoxy groups -OCH3 is 1. The van der Waals surface area contributed by atoms with Crippen molar-refractivity contribution in [3.63, 3.8) is 0 Å². The van der Waals surface area contributed by atoms with Crippen molar-refractivity contribution in [1.29, 1.82) is 0 Å². The zero-order valence-corrected chi connectivity index (χ0v) is 21.6. The van der Waals surface area contributed by atoms with Crippen molar-refractivity contribution in [3.05, 3.63) is 89.4 Å². The number of benzene rings is 2. The molecule has 0 fully saturated rings. The summed E-state index contributed by atoms with van der Waals surface area (Å²) in [5, 5.41) is 13.6. The predicted octanol–water partition coefficient (Wildman–Crippen LogP) is 5.93. The van der Waals surface area contributed by atoms with Gasteiger partial charge < -0.3 is 25.6 Å². The molecule has 0 aliphatic rings. The van der Waals surface area contributed by atoms with Gasteiger partial charge in [0, 0.05) is 35.3 Å². The Morgan fingerprint density at radius 3 is 2.42 bits per heavy atom. The number of carbonyl (C=O) groups excluding carboxylic acids is 1. The second kappa shape index (κ2) is 10.4. The molecule has 0 saturated heterocycles. The quantitative estimate of drug-likeness (QED) is 0.240. The number of hydrogen-bond acceptors (Lipinski definition) is 8. The van der Waals surface area contributed by atoms with E-state index in [1.54, 1.807) is 19.9 Å². The molecule has 0 bridgehead atoms. The van der Waals surface area contributed by atoms with Gasteiger partial charge in [-0.2, -0.15) is 0 Å². The minimum Gasteiger partial charge on any atom is -0.506 e. The first-order valence-corrected chi connectivity index (χ1v) is 12.0. The van der Waals surface area contributed by atoms with Gasteiger partial charge >= 0.3 is 0 Å². The van der Waals surface area contributed by atoms with Gasteiger partial charge in [-0.3, -0.25) is 14.8 Å². The number of nitrogens with one attached hydrogen (secondary N) is 1. The lowest BCUT2D eigenvalue weighted by molar-refractivity contribution is 0.102. The molecule has 0 radical (unpaired) electrons. The van der Waals surface area contributed by atoms with Crippen molar-refractivity contribution >= 4 is 28.3 Å². The maximum absolute atomic E-state index is 15.1. The number of fused-ring (bicyclic) bond motifs is 1. The summed E-state index contributed by atoms with van der Waals surface area (Å²) in [7, 11) is 1.42. The van der Waals surface area contributed by atoms with E-state index >= 15 is 4.39 Å². The maximum Gasteiger partial charge on any atom is 0.261 e. The fourth-order valence-electron chi connectivity index (χ4n) is 4.33. The first kappa shape index (κ1) is 26.3. The summed E-state index contributed by atoms with van der Waals surface area (Å²) in [5.74, 6) is -1.95. The van der Waals surface area contributed by atoms with Crippen LogP contribution >= 0.6 is 0 Å². The number of pyridine rings is 3. The Balaban J connectivity index is 1.42. The number of amides is 1. The average Bonchev–Trinajstić information content (AvgIpc) is 2.90. The van der Waals surface area contributed by atoms with Gasteiger partial charge in [-0.05, 0) is 49.7 Å². The SMILES string of the molecule is COc1nc2c(Oc3ccc(NC(=O)c4c(C)nc(C)c(-c5ccc(F)cc5)c4O)cc3F)ccnc2cc1N. The summed E-state index contributed by atoms with van der Waals surface area (Å²) in [6, 6.07) is 12.4. The number of nitrogen functional groups attached to an aromatic ring is 1. The molecule has 5 rings (SSSR count). The van der Waals surface area contributed by atoms with Crippen LogP contribution in [-0.4, -0.2) is 33.1 Å². The number of hydrogen-bond donors (Lipinski definition) is 3. The number of halogens is 2. The maximum atomic E-state index is 15.1. The number of aromatic nitrogens is 3. The Kier molecular flexibility index (Phi) is 6.87. The van der Waals surface area contributed by atoms with E-state index in [0.29, 0.717) is 33.5 Å². The second-order valence-corrected chi connectivity index (χ2v) is 8.85. The number of ether oxygens (including phenoxy) is 2. The van der Waals surface area contributed by atoms with Crippen LogP contribution in [0.3, 0.4) is 0 Å². The van der Waals surface area contributed by atoms with E-state index in [1.807, 2.05) is 0 Å². The van der Waals surface area contributed by atoms with Gasteiger partial charge in [0.2, 0.25) is 5.88 Å². The summed E-state index contributed by atoms with van der Waals surface area (Å²) in [6.45, 7) is 3.25. The van der Waals surface area contributed by atoms with Crippen LogP contribution in [0, 0.1) is 25.5 Å². The normalized spacial score (nSPS) is 10.9. The van der Waals surface area contributed by atoms with Gasteiger partial charge in [-0.25, -0.2) is 13.8 Å². The number of nitrogens with two attached hydrogens (primary N) is 1. The van der Waals surface area contributed by atoms with Crippen molar-refractivity contribution in [2.75, 3.05) is 18.2 Å². The molecule has 0 aliphatic heterocycles. The summed E-state index contributed by atoms with van der Waals surface area (Å²) in [5.41, 5.74) is 8.48. The Hall–Kier alpha value is -5.32. The third kappa shape index (κ3) is 4.92. The third-order valence-electron chi connectivity index (χ3n) is 6.16. The minimum atomic E-state index is -0.764. The van der Waals surface area contributed by atoms with E-state index < -0.39 is 17.5 Å². The monoisotopic (exact) mass is 543 g/mol. The van der Waals surface area contributed by atoms with Crippen molar-refractivity contribution < 1.29 is 28.2 Å². The van der Waals surface area contributed by atoms with Crippen LogP contribution in [0.4, 0.5) is 20.2 Å². The van der Waals surface area contributed by atoms with E-state index in [0.717, 1.165) is 6.07 Å². The van der Waals surface area contributed by atoms with Crippen LogP contribution in [-0.2, 0) is 0 Å². The number of aryl methyl sites for hydroxylation is 2. The molecular weight excluding hydrogens is 520 g/mol. The number of nitrogens with zero attached hydrogens (tertiary/aromatic N) is 3. The molecule has 40 heavy (non-hydrogen) atoms. The van der Waals surface area contributed by atoms with Crippen molar-refractivity contribution in [3.8, 4) is 34.3 Å². The molecule has 1 amide bonds. The molecule has 0 spiro atoms. The highest BCUT2D eigenvalue weighted by atomic mass is 19.1. The fourth-order valence-corrected chi connectivity index (χ4v) is 4.33. The summed E-state index contributed by atoms with van der Waals surface area (Å²) >= 11 is 0. The highest BCUT2D eigenvalue weighted by Gasteiger charge is 2.23. The molecule has 0 unspecified atom stereocenters. The molecule has 2 aromatic carbocycles. The first-order chi connectivity index (χ1) is 19.2. The molecule has 0 saturated carbocycles. The number of carbonyl (C=O) groups is 1. The third-order valence-corrected chi connectivity index (χ3v) is 6.16. The molecule has 3 heterocycles. The van der Waals surface area contributed by atoms with Gasteiger partial charge in [0.25, 0.3) is 5.91 Å². The molecule has 11 heteroatoms. The number of aromatic hydroxyl groups is 1. The van der Waals surface area contributed by atoms with Crippen LogP contribution in [0.25, 0.3) is 22.2 Å². The summed E-state index contributed by atoms with van der Waals surface area (Å²) in [4.78, 5) is 26.1. The Labute approximate surface area is 227 Å². The topological polar surface area (TPSA) is 132 Å². The van der Waals surface area contributed by atoms with Crippen LogP contribution < -0.4 is 20.5 Å². The van der Waals surface area contributed by atoms with E-state index in [4.69, 9.17) is 15.2 Å². The Bertz CT molecular complexity index is 1780. The van der Waals surface area contributed by atoms with Crippen LogP contribution in [0.5, 0.6) is 23.1 Å².